The normalized spacial score (nSPS) is 17.6. The number of nitrogens with one attached hydrogen (secondary N) is 2. The number of nitrogens with zero attached hydrogens (tertiary/aromatic N) is 3. The van der Waals surface area contributed by atoms with Gasteiger partial charge in [-0.3, -0.25) is 4.79 Å². The summed E-state index contributed by atoms with van der Waals surface area (Å²) < 4.78 is 0. The van der Waals surface area contributed by atoms with Crippen molar-refractivity contribution in [3.05, 3.63) is 48.2 Å². The lowest BCUT2D eigenvalue weighted by Crippen LogP contribution is -2.42. The summed E-state index contributed by atoms with van der Waals surface area (Å²) in [5.74, 6) is 0.600. The van der Waals surface area contributed by atoms with Gasteiger partial charge in [0.25, 0.3) is 5.91 Å². The van der Waals surface area contributed by atoms with Crippen LogP contribution in [0, 0.1) is 0 Å². The Morgan fingerprint density at radius 3 is 2.70 bits per heavy atom. The third kappa shape index (κ3) is 3.77. The first kappa shape index (κ1) is 15.3. The number of carbonyl (C=O) groups excluding carboxylic acids is 1. The number of carbonyl (C=O) groups is 1. The van der Waals surface area contributed by atoms with Crippen LogP contribution < -0.4 is 15.5 Å². The molecule has 1 aliphatic heterocycles. The van der Waals surface area contributed by atoms with Crippen LogP contribution in [0.4, 0.5) is 11.5 Å². The van der Waals surface area contributed by atoms with Crippen molar-refractivity contribution in [2.75, 3.05) is 30.4 Å². The topological polar surface area (TPSA) is 70.2 Å². The van der Waals surface area contributed by atoms with Crippen LogP contribution in [0.2, 0.25) is 0 Å². The Labute approximate surface area is 135 Å². The zero-order valence-corrected chi connectivity index (χ0v) is 13.2. The van der Waals surface area contributed by atoms with Crippen molar-refractivity contribution in [3.63, 3.8) is 0 Å². The van der Waals surface area contributed by atoms with E-state index in [0.717, 1.165) is 37.4 Å². The number of piperidine rings is 1. The second kappa shape index (κ2) is 7.09. The van der Waals surface area contributed by atoms with E-state index in [9.17, 15) is 4.79 Å². The SMILES string of the molecule is CNC(=O)c1ccc(N2CCC[C@@H](Nc3ccccc3)C2)nn1. The van der Waals surface area contributed by atoms with Crippen molar-refractivity contribution >= 4 is 17.4 Å². The van der Waals surface area contributed by atoms with Crippen molar-refractivity contribution in [2.45, 2.75) is 18.9 Å². The molecule has 23 heavy (non-hydrogen) atoms. The third-order valence-electron chi connectivity index (χ3n) is 4.00. The van der Waals surface area contributed by atoms with Gasteiger partial charge >= 0.3 is 0 Å². The van der Waals surface area contributed by atoms with E-state index < -0.39 is 0 Å². The van der Waals surface area contributed by atoms with Gasteiger partial charge in [-0.2, -0.15) is 0 Å². The molecule has 2 N–H and O–H groups in total. The molecule has 0 spiro atoms. The maximum Gasteiger partial charge on any atom is 0.271 e. The van der Waals surface area contributed by atoms with Crippen molar-refractivity contribution in [1.82, 2.24) is 15.5 Å². The van der Waals surface area contributed by atoms with Gasteiger partial charge in [-0.25, -0.2) is 0 Å². The molecule has 2 heterocycles. The summed E-state index contributed by atoms with van der Waals surface area (Å²) in [7, 11) is 1.59. The van der Waals surface area contributed by atoms with Gasteiger partial charge in [0.05, 0.1) is 0 Å². The van der Waals surface area contributed by atoms with Gasteiger partial charge in [0.15, 0.2) is 11.5 Å². The summed E-state index contributed by atoms with van der Waals surface area (Å²) in [5, 5.41) is 14.3. The molecule has 1 amide bonds. The average Bonchev–Trinajstić information content (AvgIpc) is 2.62. The maximum absolute atomic E-state index is 11.5. The largest absolute Gasteiger partial charge is 0.381 e. The summed E-state index contributed by atoms with van der Waals surface area (Å²) in [5.41, 5.74) is 1.48. The number of aromatic nitrogens is 2. The minimum absolute atomic E-state index is 0.216. The number of hydrogen-bond acceptors (Lipinski definition) is 5. The van der Waals surface area contributed by atoms with E-state index in [-0.39, 0.29) is 5.91 Å². The Bertz CT molecular complexity index is 644. The third-order valence-corrected chi connectivity index (χ3v) is 4.00. The van der Waals surface area contributed by atoms with Crippen LogP contribution in [0.1, 0.15) is 23.3 Å². The zero-order chi connectivity index (χ0) is 16.1. The predicted octanol–water partition coefficient (Wildman–Crippen LogP) is 1.92. The molecule has 0 radical (unpaired) electrons. The molecular formula is C17H21N5O. The van der Waals surface area contributed by atoms with Crippen LogP contribution in [0.25, 0.3) is 0 Å². The van der Waals surface area contributed by atoms with E-state index in [1.165, 1.54) is 0 Å². The highest BCUT2D eigenvalue weighted by Gasteiger charge is 2.21. The van der Waals surface area contributed by atoms with Gasteiger partial charge in [-0.15, -0.1) is 10.2 Å². The molecule has 3 rings (SSSR count). The van der Waals surface area contributed by atoms with Crippen LogP contribution >= 0.6 is 0 Å². The number of anilines is 2. The molecule has 120 valence electrons. The van der Waals surface area contributed by atoms with Crippen LogP contribution in [0.5, 0.6) is 0 Å². The highest BCUT2D eigenvalue weighted by molar-refractivity contribution is 5.91. The molecule has 0 unspecified atom stereocenters. The first-order valence-corrected chi connectivity index (χ1v) is 7.88. The van der Waals surface area contributed by atoms with E-state index in [1.54, 1.807) is 13.1 Å². The van der Waals surface area contributed by atoms with Gasteiger partial charge in [0.2, 0.25) is 0 Å². The number of para-hydroxylation sites is 1. The van der Waals surface area contributed by atoms with Gasteiger partial charge < -0.3 is 15.5 Å². The molecule has 0 saturated carbocycles. The Hall–Kier alpha value is -2.63. The predicted molar refractivity (Wildman–Crippen MR) is 90.7 cm³/mol. The highest BCUT2D eigenvalue weighted by atomic mass is 16.1. The van der Waals surface area contributed by atoms with Gasteiger partial charge in [0, 0.05) is 31.9 Å². The summed E-state index contributed by atoms with van der Waals surface area (Å²) >= 11 is 0. The lowest BCUT2D eigenvalue weighted by molar-refractivity contribution is 0.0957. The number of hydrogen-bond donors (Lipinski definition) is 2. The standard InChI is InChI=1S/C17H21N5O/c1-18-17(23)15-9-10-16(21-20-15)22-11-5-8-14(12-22)19-13-6-3-2-4-7-13/h2-4,6-7,9-10,14,19H,5,8,11-12H2,1H3,(H,18,23)/t14-/m1/s1. The quantitative estimate of drug-likeness (QED) is 0.903. The van der Waals surface area contributed by atoms with E-state index >= 15 is 0 Å². The van der Waals surface area contributed by atoms with Crippen molar-refractivity contribution in [2.24, 2.45) is 0 Å². The molecule has 1 atom stereocenters. The average molecular weight is 311 g/mol. The molecule has 6 heteroatoms. The van der Waals surface area contributed by atoms with Gasteiger partial charge in [0.1, 0.15) is 0 Å². The van der Waals surface area contributed by atoms with Crippen molar-refractivity contribution in [3.8, 4) is 0 Å². The number of amides is 1. The molecule has 1 fully saturated rings. The molecule has 1 aromatic carbocycles. The Morgan fingerprint density at radius 1 is 1.17 bits per heavy atom. The summed E-state index contributed by atoms with van der Waals surface area (Å²) in [4.78, 5) is 13.7. The van der Waals surface area contributed by atoms with Crippen LogP contribution in [-0.4, -0.2) is 42.3 Å². The fourth-order valence-electron chi connectivity index (χ4n) is 2.82. The summed E-state index contributed by atoms with van der Waals surface area (Å²) in [6.45, 7) is 1.84. The van der Waals surface area contributed by atoms with E-state index in [0.29, 0.717) is 11.7 Å². The summed E-state index contributed by atoms with van der Waals surface area (Å²) in [6, 6.07) is 14.2. The highest BCUT2D eigenvalue weighted by Crippen LogP contribution is 2.20. The molecule has 1 aromatic heterocycles. The van der Waals surface area contributed by atoms with E-state index in [2.05, 4.69) is 37.9 Å². The Morgan fingerprint density at radius 2 is 2.00 bits per heavy atom. The molecule has 0 bridgehead atoms. The molecule has 2 aromatic rings. The van der Waals surface area contributed by atoms with E-state index in [1.807, 2.05) is 24.3 Å². The Kier molecular flexibility index (Phi) is 4.71. The smallest absolute Gasteiger partial charge is 0.271 e. The minimum Gasteiger partial charge on any atom is -0.381 e. The lowest BCUT2D eigenvalue weighted by Gasteiger charge is -2.34. The second-order valence-electron chi connectivity index (χ2n) is 5.65. The van der Waals surface area contributed by atoms with Crippen molar-refractivity contribution in [1.29, 1.82) is 0 Å². The van der Waals surface area contributed by atoms with Crippen LogP contribution in [-0.2, 0) is 0 Å². The number of benzene rings is 1. The molecule has 1 aliphatic rings. The monoisotopic (exact) mass is 311 g/mol. The first-order valence-electron chi connectivity index (χ1n) is 7.88. The van der Waals surface area contributed by atoms with Crippen LogP contribution in [0.3, 0.4) is 0 Å². The Balaban J connectivity index is 1.65. The van der Waals surface area contributed by atoms with Crippen molar-refractivity contribution < 1.29 is 4.79 Å². The molecule has 0 aliphatic carbocycles. The number of rotatable bonds is 4. The summed E-state index contributed by atoms with van der Waals surface area (Å²) in [6.07, 6.45) is 2.23. The fraction of sp³-hybridized carbons (Fsp3) is 0.353. The second-order valence-corrected chi connectivity index (χ2v) is 5.65. The minimum atomic E-state index is -0.216. The first-order chi connectivity index (χ1) is 11.3. The molecule has 6 nitrogen and oxygen atoms in total. The van der Waals surface area contributed by atoms with E-state index in [4.69, 9.17) is 0 Å². The molecule has 1 saturated heterocycles. The van der Waals surface area contributed by atoms with Gasteiger partial charge in [-0.05, 0) is 37.1 Å². The lowest BCUT2D eigenvalue weighted by atomic mass is 10.1. The molecular weight excluding hydrogens is 290 g/mol. The van der Waals surface area contributed by atoms with Gasteiger partial charge in [-0.1, -0.05) is 18.2 Å². The maximum atomic E-state index is 11.5. The van der Waals surface area contributed by atoms with Crippen LogP contribution in [0.15, 0.2) is 42.5 Å². The zero-order valence-electron chi connectivity index (χ0n) is 13.2. The fourth-order valence-corrected chi connectivity index (χ4v) is 2.82.